The Morgan fingerprint density at radius 1 is 1.14 bits per heavy atom. The van der Waals surface area contributed by atoms with Crippen LogP contribution in [0, 0.1) is 0 Å². The Bertz CT molecular complexity index is 957. The third-order valence-corrected chi connectivity index (χ3v) is 5.80. The monoisotopic (exact) mass is 420 g/mol. The lowest BCUT2D eigenvalue weighted by molar-refractivity contribution is 0.0783. The lowest BCUT2D eigenvalue weighted by Gasteiger charge is -2.20. The van der Waals surface area contributed by atoms with E-state index in [-0.39, 0.29) is 28.2 Å². The van der Waals surface area contributed by atoms with E-state index in [9.17, 15) is 13.2 Å². The summed E-state index contributed by atoms with van der Waals surface area (Å²) in [7, 11) is -0.769. The van der Waals surface area contributed by atoms with Gasteiger partial charge in [-0.15, -0.1) is 0 Å². The molecule has 1 N–H and O–H groups in total. The number of amides is 1. The van der Waals surface area contributed by atoms with Crippen molar-refractivity contribution in [1.82, 2.24) is 9.62 Å². The van der Waals surface area contributed by atoms with Crippen LogP contribution in [0.15, 0.2) is 47.4 Å². The van der Waals surface area contributed by atoms with Crippen molar-refractivity contribution < 1.29 is 22.7 Å². The highest BCUT2D eigenvalue weighted by Crippen LogP contribution is 2.26. The van der Waals surface area contributed by atoms with E-state index in [1.807, 2.05) is 31.2 Å². The lowest BCUT2D eigenvalue weighted by Crippen LogP contribution is -2.31. The molecule has 2 aromatic rings. The maximum atomic E-state index is 12.9. The van der Waals surface area contributed by atoms with Crippen LogP contribution in [0.2, 0.25) is 0 Å². The molecule has 158 valence electrons. The quantitative estimate of drug-likeness (QED) is 0.674. The van der Waals surface area contributed by atoms with Gasteiger partial charge >= 0.3 is 0 Å². The zero-order valence-corrected chi connectivity index (χ0v) is 18.2. The van der Waals surface area contributed by atoms with Crippen molar-refractivity contribution in [2.75, 3.05) is 20.8 Å². The van der Waals surface area contributed by atoms with Gasteiger partial charge in [0.15, 0.2) is 0 Å². The summed E-state index contributed by atoms with van der Waals surface area (Å²) >= 11 is 0. The van der Waals surface area contributed by atoms with Crippen LogP contribution >= 0.6 is 0 Å². The minimum atomic E-state index is -3.82. The number of nitrogens with one attached hydrogen (secondary N) is 1. The third kappa shape index (κ3) is 5.71. The van der Waals surface area contributed by atoms with Crippen LogP contribution in [-0.4, -0.2) is 46.0 Å². The highest BCUT2D eigenvalue weighted by atomic mass is 32.2. The highest BCUT2D eigenvalue weighted by Gasteiger charge is 2.23. The number of ether oxygens (including phenoxy) is 2. The Kier molecular flexibility index (Phi) is 7.64. The van der Waals surface area contributed by atoms with Gasteiger partial charge in [0.1, 0.15) is 16.4 Å². The van der Waals surface area contributed by atoms with Gasteiger partial charge in [0.25, 0.3) is 5.91 Å². The van der Waals surface area contributed by atoms with Gasteiger partial charge < -0.3 is 14.4 Å². The lowest BCUT2D eigenvalue weighted by atomic mass is 10.1. The number of carbonyl (C=O) groups excluding carboxylic acids is 1. The van der Waals surface area contributed by atoms with E-state index in [0.717, 1.165) is 5.56 Å². The standard InChI is InChI=1S/C21H28N2O5S/c1-6-28-18-10-8-7-9-17(18)14-23(4)21(24)16-11-12-19(27-5)20(13-16)29(25,26)22-15(2)3/h7-13,15,22H,6,14H2,1-5H3. The average Bonchev–Trinajstić information content (AvgIpc) is 2.67. The zero-order valence-electron chi connectivity index (χ0n) is 17.4. The molecule has 29 heavy (non-hydrogen) atoms. The molecule has 0 saturated carbocycles. The second-order valence-corrected chi connectivity index (χ2v) is 8.53. The van der Waals surface area contributed by atoms with Gasteiger partial charge in [-0.05, 0) is 45.0 Å². The van der Waals surface area contributed by atoms with E-state index >= 15 is 0 Å². The number of sulfonamides is 1. The molecule has 0 aliphatic heterocycles. The summed E-state index contributed by atoms with van der Waals surface area (Å²) in [5, 5.41) is 0. The van der Waals surface area contributed by atoms with Crippen molar-refractivity contribution in [2.24, 2.45) is 0 Å². The summed E-state index contributed by atoms with van der Waals surface area (Å²) in [6.45, 7) is 6.20. The molecule has 0 aromatic heterocycles. The van der Waals surface area contributed by atoms with Crippen molar-refractivity contribution in [1.29, 1.82) is 0 Å². The minimum absolute atomic E-state index is 0.0670. The topological polar surface area (TPSA) is 84.9 Å². The first kappa shape index (κ1) is 22.7. The van der Waals surface area contributed by atoms with Crippen LogP contribution in [0.1, 0.15) is 36.7 Å². The van der Waals surface area contributed by atoms with E-state index in [2.05, 4.69) is 4.72 Å². The molecule has 8 heteroatoms. The molecule has 0 fully saturated rings. The van der Waals surface area contributed by atoms with Crippen LogP contribution in [0.3, 0.4) is 0 Å². The predicted octanol–water partition coefficient (Wildman–Crippen LogP) is 3.05. The molecule has 7 nitrogen and oxygen atoms in total. The summed E-state index contributed by atoms with van der Waals surface area (Å²) in [5.41, 5.74) is 1.12. The highest BCUT2D eigenvalue weighted by molar-refractivity contribution is 7.89. The normalized spacial score (nSPS) is 11.4. The molecular formula is C21H28N2O5S. The first-order chi connectivity index (χ1) is 13.7. The first-order valence-corrected chi connectivity index (χ1v) is 10.8. The molecule has 0 radical (unpaired) electrons. The predicted molar refractivity (Wildman–Crippen MR) is 112 cm³/mol. The second-order valence-electron chi connectivity index (χ2n) is 6.84. The van der Waals surface area contributed by atoms with E-state index in [1.165, 1.54) is 24.1 Å². The van der Waals surface area contributed by atoms with Gasteiger partial charge in [0.05, 0.1) is 13.7 Å². The molecular weight excluding hydrogens is 392 g/mol. The van der Waals surface area contributed by atoms with Crippen molar-refractivity contribution in [3.8, 4) is 11.5 Å². The molecule has 0 bridgehead atoms. The molecule has 0 aliphatic carbocycles. The van der Waals surface area contributed by atoms with Crippen LogP contribution in [0.4, 0.5) is 0 Å². The van der Waals surface area contributed by atoms with Gasteiger partial charge in [0, 0.05) is 30.8 Å². The maximum absolute atomic E-state index is 12.9. The SMILES string of the molecule is CCOc1ccccc1CN(C)C(=O)c1ccc(OC)c(S(=O)(=O)NC(C)C)c1. The van der Waals surface area contributed by atoms with Gasteiger partial charge in [-0.3, -0.25) is 4.79 Å². The van der Waals surface area contributed by atoms with E-state index in [0.29, 0.717) is 18.9 Å². The molecule has 2 rings (SSSR count). The maximum Gasteiger partial charge on any atom is 0.253 e. The fraction of sp³-hybridized carbons (Fsp3) is 0.381. The molecule has 1 amide bonds. The second kappa shape index (κ2) is 9.76. The van der Waals surface area contributed by atoms with Crippen molar-refractivity contribution in [3.05, 3.63) is 53.6 Å². The number of benzene rings is 2. The smallest absolute Gasteiger partial charge is 0.253 e. The Hall–Kier alpha value is -2.58. The minimum Gasteiger partial charge on any atom is -0.495 e. The number of hydrogen-bond donors (Lipinski definition) is 1. The summed E-state index contributed by atoms with van der Waals surface area (Å²) in [5.74, 6) is 0.591. The zero-order chi connectivity index (χ0) is 21.6. The summed E-state index contributed by atoms with van der Waals surface area (Å²) < 4.78 is 38.6. The number of hydrogen-bond acceptors (Lipinski definition) is 5. The third-order valence-electron chi connectivity index (χ3n) is 4.12. The first-order valence-electron chi connectivity index (χ1n) is 9.36. The molecule has 0 unspecified atom stereocenters. The Labute approximate surface area is 172 Å². The van der Waals surface area contributed by atoms with Crippen LogP contribution < -0.4 is 14.2 Å². The molecule has 0 aliphatic rings. The number of rotatable bonds is 9. The Morgan fingerprint density at radius 2 is 1.83 bits per heavy atom. The summed E-state index contributed by atoms with van der Waals surface area (Å²) in [6.07, 6.45) is 0. The van der Waals surface area contributed by atoms with Crippen LogP contribution in [-0.2, 0) is 16.6 Å². The van der Waals surface area contributed by atoms with Crippen molar-refractivity contribution in [2.45, 2.75) is 38.3 Å². The number of nitrogens with zero attached hydrogens (tertiary/aromatic N) is 1. The van der Waals surface area contributed by atoms with Gasteiger partial charge in [-0.1, -0.05) is 18.2 Å². The fourth-order valence-electron chi connectivity index (χ4n) is 2.87. The number of methoxy groups -OCH3 is 1. The van der Waals surface area contributed by atoms with Crippen LogP contribution in [0.5, 0.6) is 11.5 Å². The summed E-state index contributed by atoms with van der Waals surface area (Å²) in [4.78, 5) is 14.4. The van der Waals surface area contributed by atoms with Gasteiger partial charge in [-0.25, -0.2) is 13.1 Å². The van der Waals surface area contributed by atoms with E-state index in [4.69, 9.17) is 9.47 Å². The average molecular weight is 421 g/mol. The van der Waals surface area contributed by atoms with Crippen molar-refractivity contribution in [3.63, 3.8) is 0 Å². The van der Waals surface area contributed by atoms with Crippen molar-refractivity contribution >= 4 is 15.9 Å². The fourth-order valence-corrected chi connectivity index (χ4v) is 4.32. The largest absolute Gasteiger partial charge is 0.495 e. The Morgan fingerprint density at radius 3 is 2.45 bits per heavy atom. The molecule has 0 heterocycles. The molecule has 0 atom stereocenters. The Balaban J connectivity index is 2.32. The van der Waals surface area contributed by atoms with Crippen LogP contribution in [0.25, 0.3) is 0 Å². The number of carbonyl (C=O) groups is 1. The molecule has 2 aromatic carbocycles. The van der Waals surface area contributed by atoms with Gasteiger partial charge in [0.2, 0.25) is 10.0 Å². The van der Waals surface area contributed by atoms with Gasteiger partial charge in [-0.2, -0.15) is 0 Å². The number of para-hydroxylation sites is 1. The van der Waals surface area contributed by atoms with E-state index in [1.54, 1.807) is 27.0 Å². The summed E-state index contributed by atoms with van der Waals surface area (Å²) in [6, 6.07) is 11.6. The van der Waals surface area contributed by atoms with E-state index < -0.39 is 10.0 Å². The molecule has 0 saturated heterocycles. The molecule has 0 spiro atoms.